The molecule has 0 aromatic carbocycles. The summed E-state index contributed by atoms with van der Waals surface area (Å²) in [6.45, 7) is 3.28. The van der Waals surface area contributed by atoms with E-state index in [4.69, 9.17) is 4.42 Å². The molecule has 2 heteroatoms. The molecule has 2 rings (SSSR count). The predicted octanol–water partition coefficient (Wildman–Crippen LogP) is 3.09. The second-order valence-corrected chi connectivity index (χ2v) is 4.61. The Labute approximate surface area is 85.7 Å². The maximum Gasteiger partial charge on any atom is 0.0947 e. The van der Waals surface area contributed by atoms with Crippen LogP contribution in [0.5, 0.6) is 0 Å². The van der Waals surface area contributed by atoms with Crippen molar-refractivity contribution in [2.45, 2.75) is 51.1 Å². The van der Waals surface area contributed by atoms with Crippen molar-refractivity contribution in [2.24, 2.45) is 0 Å². The Morgan fingerprint density at radius 2 is 2.14 bits per heavy atom. The summed E-state index contributed by atoms with van der Waals surface area (Å²) < 4.78 is 5.05. The van der Waals surface area contributed by atoms with Crippen LogP contribution in [-0.2, 0) is 6.54 Å². The summed E-state index contributed by atoms with van der Waals surface area (Å²) in [5, 5.41) is 3.64. The Bertz CT molecular complexity index is 260. The standard InChI is InChI=1S/C12H19NO/c1-12(6-3-2-4-7-12)13-9-11-5-8-14-10-11/h5,8,10,13H,2-4,6-7,9H2,1H3. The fourth-order valence-corrected chi connectivity index (χ4v) is 2.22. The Balaban J connectivity index is 1.84. The Morgan fingerprint density at radius 1 is 1.36 bits per heavy atom. The van der Waals surface area contributed by atoms with Gasteiger partial charge in [-0.3, -0.25) is 0 Å². The first-order valence-electron chi connectivity index (χ1n) is 5.55. The third kappa shape index (κ3) is 2.38. The van der Waals surface area contributed by atoms with Gasteiger partial charge in [-0.25, -0.2) is 0 Å². The van der Waals surface area contributed by atoms with Crippen molar-refractivity contribution in [1.29, 1.82) is 0 Å². The van der Waals surface area contributed by atoms with E-state index in [0.29, 0.717) is 5.54 Å². The molecule has 1 aromatic heterocycles. The fraction of sp³-hybridized carbons (Fsp3) is 0.667. The molecule has 0 amide bonds. The molecule has 0 saturated heterocycles. The highest BCUT2D eigenvalue weighted by atomic mass is 16.3. The largest absolute Gasteiger partial charge is 0.472 e. The van der Waals surface area contributed by atoms with Gasteiger partial charge in [0.25, 0.3) is 0 Å². The molecule has 0 radical (unpaired) electrons. The van der Waals surface area contributed by atoms with Crippen molar-refractivity contribution in [3.8, 4) is 0 Å². The van der Waals surface area contributed by atoms with Crippen LogP contribution in [0.3, 0.4) is 0 Å². The Hall–Kier alpha value is -0.760. The van der Waals surface area contributed by atoms with Gasteiger partial charge in [-0.1, -0.05) is 19.3 Å². The summed E-state index contributed by atoms with van der Waals surface area (Å²) >= 11 is 0. The van der Waals surface area contributed by atoms with E-state index < -0.39 is 0 Å². The molecule has 1 aliphatic rings. The zero-order valence-corrected chi connectivity index (χ0v) is 8.88. The zero-order chi connectivity index (χ0) is 9.86. The molecule has 1 saturated carbocycles. The lowest BCUT2D eigenvalue weighted by atomic mass is 9.83. The summed E-state index contributed by atoms with van der Waals surface area (Å²) in [5.74, 6) is 0. The molecule has 1 aliphatic carbocycles. The molecule has 1 heterocycles. The van der Waals surface area contributed by atoms with Crippen LogP contribution < -0.4 is 5.32 Å². The second kappa shape index (κ2) is 4.18. The summed E-state index contributed by atoms with van der Waals surface area (Å²) in [4.78, 5) is 0. The van der Waals surface area contributed by atoms with Crippen molar-refractivity contribution in [3.05, 3.63) is 24.2 Å². The van der Waals surface area contributed by atoms with E-state index in [2.05, 4.69) is 12.2 Å². The molecule has 1 aromatic rings. The fourth-order valence-electron chi connectivity index (χ4n) is 2.22. The topological polar surface area (TPSA) is 25.2 Å². The average molecular weight is 193 g/mol. The molecule has 1 N–H and O–H groups in total. The first kappa shape index (κ1) is 9.78. The molecule has 0 aliphatic heterocycles. The van der Waals surface area contributed by atoms with Crippen molar-refractivity contribution >= 4 is 0 Å². The quantitative estimate of drug-likeness (QED) is 0.798. The first-order chi connectivity index (χ1) is 6.79. The molecule has 0 unspecified atom stereocenters. The third-order valence-corrected chi connectivity index (χ3v) is 3.26. The number of hydrogen-bond donors (Lipinski definition) is 1. The van der Waals surface area contributed by atoms with Crippen LogP contribution in [0.4, 0.5) is 0 Å². The molecular formula is C12H19NO. The molecule has 2 nitrogen and oxygen atoms in total. The Morgan fingerprint density at radius 3 is 2.79 bits per heavy atom. The minimum absolute atomic E-state index is 0.357. The molecule has 78 valence electrons. The van der Waals surface area contributed by atoms with E-state index >= 15 is 0 Å². The van der Waals surface area contributed by atoms with Crippen molar-refractivity contribution in [3.63, 3.8) is 0 Å². The van der Waals surface area contributed by atoms with Crippen LogP contribution in [0.15, 0.2) is 23.0 Å². The van der Waals surface area contributed by atoms with Gasteiger partial charge in [0.1, 0.15) is 0 Å². The highest BCUT2D eigenvalue weighted by Crippen LogP contribution is 2.27. The van der Waals surface area contributed by atoms with Crippen LogP contribution in [0.2, 0.25) is 0 Å². The van der Waals surface area contributed by atoms with Gasteiger partial charge in [-0.05, 0) is 25.8 Å². The van der Waals surface area contributed by atoms with Crippen molar-refractivity contribution < 1.29 is 4.42 Å². The second-order valence-electron chi connectivity index (χ2n) is 4.61. The summed E-state index contributed by atoms with van der Waals surface area (Å²) in [6, 6.07) is 2.03. The minimum atomic E-state index is 0.357. The van der Waals surface area contributed by atoms with Gasteiger partial charge in [0.05, 0.1) is 12.5 Å². The van der Waals surface area contributed by atoms with Crippen LogP contribution in [-0.4, -0.2) is 5.54 Å². The van der Waals surface area contributed by atoms with Crippen LogP contribution in [0.25, 0.3) is 0 Å². The summed E-state index contributed by atoms with van der Waals surface area (Å²) in [6.07, 6.45) is 10.3. The van der Waals surface area contributed by atoms with Gasteiger partial charge in [0.2, 0.25) is 0 Å². The van der Waals surface area contributed by atoms with E-state index in [1.165, 1.54) is 37.7 Å². The van der Waals surface area contributed by atoms with Gasteiger partial charge in [-0.15, -0.1) is 0 Å². The van der Waals surface area contributed by atoms with Gasteiger partial charge >= 0.3 is 0 Å². The molecule has 14 heavy (non-hydrogen) atoms. The van der Waals surface area contributed by atoms with Crippen LogP contribution in [0.1, 0.15) is 44.6 Å². The number of hydrogen-bond acceptors (Lipinski definition) is 2. The van der Waals surface area contributed by atoms with Gasteiger partial charge in [-0.2, -0.15) is 0 Å². The minimum Gasteiger partial charge on any atom is -0.472 e. The first-order valence-corrected chi connectivity index (χ1v) is 5.55. The van der Waals surface area contributed by atoms with Gasteiger partial charge in [0.15, 0.2) is 0 Å². The lowest BCUT2D eigenvalue weighted by Crippen LogP contribution is -2.43. The van der Waals surface area contributed by atoms with E-state index in [-0.39, 0.29) is 0 Å². The zero-order valence-electron chi connectivity index (χ0n) is 8.88. The molecule has 0 bridgehead atoms. The number of furan rings is 1. The maximum absolute atomic E-state index is 5.05. The third-order valence-electron chi connectivity index (χ3n) is 3.26. The average Bonchev–Trinajstić information content (AvgIpc) is 2.69. The molecule has 1 fully saturated rings. The SMILES string of the molecule is CC1(NCc2ccoc2)CCCCC1. The normalized spacial score (nSPS) is 20.9. The highest BCUT2D eigenvalue weighted by molar-refractivity contribution is 5.05. The van der Waals surface area contributed by atoms with Crippen LogP contribution >= 0.6 is 0 Å². The smallest absolute Gasteiger partial charge is 0.0947 e. The van der Waals surface area contributed by atoms with Crippen LogP contribution in [0, 0.1) is 0 Å². The summed E-state index contributed by atoms with van der Waals surface area (Å²) in [7, 11) is 0. The summed E-state index contributed by atoms with van der Waals surface area (Å²) in [5.41, 5.74) is 1.60. The number of rotatable bonds is 3. The molecular weight excluding hydrogens is 174 g/mol. The van der Waals surface area contributed by atoms with Crippen molar-refractivity contribution in [1.82, 2.24) is 5.32 Å². The molecule has 0 atom stereocenters. The lowest BCUT2D eigenvalue weighted by Gasteiger charge is -2.34. The van der Waals surface area contributed by atoms with E-state index in [0.717, 1.165) is 6.54 Å². The maximum atomic E-state index is 5.05. The highest BCUT2D eigenvalue weighted by Gasteiger charge is 2.25. The van der Waals surface area contributed by atoms with Gasteiger partial charge in [0, 0.05) is 17.6 Å². The van der Waals surface area contributed by atoms with E-state index in [1.54, 1.807) is 6.26 Å². The van der Waals surface area contributed by atoms with Crippen molar-refractivity contribution in [2.75, 3.05) is 0 Å². The number of nitrogens with one attached hydrogen (secondary N) is 1. The van der Waals surface area contributed by atoms with E-state index in [1.807, 2.05) is 12.3 Å². The monoisotopic (exact) mass is 193 g/mol. The molecule has 0 spiro atoms. The predicted molar refractivity (Wildman–Crippen MR) is 57.0 cm³/mol. The lowest BCUT2D eigenvalue weighted by molar-refractivity contribution is 0.252. The Kier molecular flexibility index (Phi) is 2.92. The van der Waals surface area contributed by atoms with Gasteiger partial charge < -0.3 is 9.73 Å². The van der Waals surface area contributed by atoms with E-state index in [9.17, 15) is 0 Å².